The van der Waals surface area contributed by atoms with Crippen molar-refractivity contribution in [2.24, 2.45) is 0 Å². The Kier molecular flexibility index (Phi) is 3.91. The van der Waals surface area contributed by atoms with Gasteiger partial charge >= 0.3 is 0 Å². The predicted molar refractivity (Wildman–Crippen MR) is 58.1 cm³/mol. The highest BCUT2D eigenvalue weighted by Crippen LogP contribution is 2.42. The van der Waals surface area contributed by atoms with Gasteiger partial charge in [-0.2, -0.15) is 0 Å². The van der Waals surface area contributed by atoms with Crippen LogP contribution in [0.3, 0.4) is 0 Å². The molecule has 1 heteroatoms. The second-order valence-electron chi connectivity index (χ2n) is 4.14. The van der Waals surface area contributed by atoms with E-state index in [1.807, 2.05) is 0 Å². The molecule has 0 spiro atoms. The average molecular weight is 164 g/mol. The summed E-state index contributed by atoms with van der Waals surface area (Å²) in [6, 6.07) is 0. The van der Waals surface area contributed by atoms with Crippen molar-refractivity contribution >= 4 is 6.71 Å². The van der Waals surface area contributed by atoms with Crippen LogP contribution in [0.15, 0.2) is 12.2 Å². The van der Waals surface area contributed by atoms with Crippen LogP contribution in [-0.2, 0) is 0 Å². The van der Waals surface area contributed by atoms with Gasteiger partial charge in [-0.05, 0) is 18.7 Å². The second kappa shape index (κ2) is 4.74. The van der Waals surface area contributed by atoms with Crippen LogP contribution >= 0.6 is 0 Å². The quantitative estimate of drug-likeness (QED) is 0.425. The first-order valence-corrected chi connectivity index (χ1v) is 5.47. The average Bonchev–Trinajstić information content (AvgIpc) is 2.03. The van der Waals surface area contributed by atoms with Crippen molar-refractivity contribution in [3.05, 3.63) is 12.2 Å². The molecule has 1 aliphatic carbocycles. The van der Waals surface area contributed by atoms with E-state index in [2.05, 4.69) is 20.4 Å². The number of rotatable bonds is 5. The zero-order valence-electron chi connectivity index (χ0n) is 8.60. The minimum atomic E-state index is 0.893. The van der Waals surface area contributed by atoms with Crippen LogP contribution in [0.1, 0.15) is 39.5 Å². The number of allylic oxidation sites excluding steroid dienone is 1. The van der Waals surface area contributed by atoms with Gasteiger partial charge in [-0.15, -0.1) is 6.58 Å². The fraction of sp³-hybridized carbons (Fsp3) is 0.818. The van der Waals surface area contributed by atoms with E-state index in [-0.39, 0.29) is 0 Å². The molecule has 0 amide bonds. The lowest BCUT2D eigenvalue weighted by atomic mass is 9.31. The Balaban J connectivity index is 2.35. The highest BCUT2D eigenvalue weighted by molar-refractivity contribution is 6.61. The lowest BCUT2D eigenvalue weighted by molar-refractivity contribution is 0.642. The van der Waals surface area contributed by atoms with Crippen LogP contribution in [0.25, 0.3) is 0 Å². The van der Waals surface area contributed by atoms with Crippen molar-refractivity contribution in [3.8, 4) is 0 Å². The molecule has 0 aromatic heterocycles. The van der Waals surface area contributed by atoms with E-state index in [0.717, 1.165) is 12.5 Å². The molecule has 0 heterocycles. The molecule has 1 saturated carbocycles. The summed E-state index contributed by atoms with van der Waals surface area (Å²) in [5, 5.41) is 0. The summed E-state index contributed by atoms with van der Waals surface area (Å²) in [4.78, 5) is 0. The molecular formula is C11H21B. The molecule has 12 heavy (non-hydrogen) atoms. The summed E-state index contributed by atoms with van der Waals surface area (Å²) in [6.45, 7) is 9.68. The summed E-state index contributed by atoms with van der Waals surface area (Å²) in [6.07, 6.45) is 8.23. The summed E-state index contributed by atoms with van der Waals surface area (Å²) in [5.41, 5.74) is 1.53. The lowest BCUT2D eigenvalue weighted by Crippen LogP contribution is -2.27. The van der Waals surface area contributed by atoms with Gasteiger partial charge in [0, 0.05) is 0 Å². The smallest absolute Gasteiger partial charge is 0.100 e. The van der Waals surface area contributed by atoms with Gasteiger partial charge in [0.25, 0.3) is 0 Å². The maximum absolute atomic E-state index is 4.13. The van der Waals surface area contributed by atoms with Crippen molar-refractivity contribution in [2.45, 2.75) is 58.0 Å². The SMILES string of the molecule is C=C1CCC1B(CCC)CCC. The molecule has 0 saturated heterocycles. The third kappa shape index (κ3) is 2.15. The Morgan fingerprint density at radius 2 is 1.92 bits per heavy atom. The number of hydrogen-bond donors (Lipinski definition) is 0. The minimum absolute atomic E-state index is 0.893. The predicted octanol–water partition coefficient (Wildman–Crippen LogP) is 4.02. The van der Waals surface area contributed by atoms with Gasteiger partial charge in [-0.3, -0.25) is 0 Å². The van der Waals surface area contributed by atoms with Gasteiger partial charge in [0.05, 0.1) is 0 Å². The standard InChI is InChI=1S/C11H21B/c1-4-8-12(9-5-2)11-7-6-10(11)3/h11H,3-9H2,1-2H3. The molecule has 0 radical (unpaired) electrons. The van der Waals surface area contributed by atoms with Gasteiger partial charge in [0.15, 0.2) is 0 Å². The first-order valence-electron chi connectivity index (χ1n) is 5.47. The fourth-order valence-electron chi connectivity index (χ4n) is 2.37. The van der Waals surface area contributed by atoms with E-state index in [1.165, 1.54) is 43.9 Å². The van der Waals surface area contributed by atoms with Crippen molar-refractivity contribution < 1.29 is 0 Å². The molecular weight excluding hydrogens is 143 g/mol. The molecule has 0 aromatic carbocycles. The topological polar surface area (TPSA) is 0 Å². The summed E-state index contributed by atoms with van der Waals surface area (Å²) in [5.74, 6) is 0.893. The first-order chi connectivity index (χ1) is 5.79. The summed E-state index contributed by atoms with van der Waals surface area (Å²) >= 11 is 0. The summed E-state index contributed by atoms with van der Waals surface area (Å²) < 4.78 is 0. The van der Waals surface area contributed by atoms with E-state index in [1.54, 1.807) is 0 Å². The van der Waals surface area contributed by atoms with Crippen LogP contribution in [-0.4, -0.2) is 6.71 Å². The zero-order chi connectivity index (χ0) is 8.97. The molecule has 0 bridgehead atoms. The van der Waals surface area contributed by atoms with Crippen LogP contribution in [0, 0.1) is 0 Å². The molecule has 0 N–H and O–H groups in total. The van der Waals surface area contributed by atoms with Crippen molar-refractivity contribution in [2.75, 3.05) is 0 Å². The van der Waals surface area contributed by atoms with Gasteiger partial charge < -0.3 is 0 Å². The third-order valence-corrected chi connectivity index (χ3v) is 3.19. The molecule has 0 aromatic rings. The van der Waals surface area contributed by atoms with E-state index in [9.17, 15) is 0 Å². The largest absolute Gasteiger partial charge is 0.147 e. The molecule has 0 aliphatic heterocycles. The van der Waals surface area contributed by atoms with Crippen LogP contribution < -0.4 is 0 Å². The molecule has 1 atom stereocenters. The Morgan fingerprint density at radius 3 is 2.17 bits per heavy atom. The highest BCUT2D eigenvalue weighted by atomic mass is 14.2. The monoisotopic (exact) mass is 164 g/mol. The second-order valence-corrected chi connectivity index (χ2v) is 4.14. The van der Waals surface area contributed by atoms with Gasteiger partial charge in [0.2, 0.25) is 0 Å². The van der Waals surface area contributed by atoms with Crippen molar-refractivity contribution in [1.29, 1.82) is 0 Å². The maximum Gasteiger partial charge on any atom is 0.147 e. The Labute approximate surface area is 77.5 Å². The van der Waals surface area contributed by atoms with Crippen molar-refractivity contribution in [1.82, 2.24) is 0 Å². The minimum Gasteiger partial charge on any atom is -0.100 e. The molecule has 1 fully saturated rings. The van der Waals surface area contributed by atoms with E-state index in [0.29, 0.717) is 0 Å². The Bertz CT molecular complexity index is 145. The van der Waals surface area contributed by atoms with Gasteiger partial charge in [-0.1, -0.05) is 44.9 Å². The molecule has 1 aliphatic rings. The van der Waals surface area contributed by atoms with E-state index < -0.39 is 0 Å². The van der Waals surface area contributed by atoms with E-state index >= 15 is 0 Å². The van der Waals surface area contributed by atoms with Crippen molar-refractivity contribution in [3.63, 3.8) is 0 Å². The number of hydrogen-bond acceptors (Lipinski definition) is 0. The Morgan fingerprint density at radius 1 is 1.33 bits per heavy atom. The third-order valence-electron chi connectivity index (χ3n) is 3.19. The molecule has 68 valence electrons. The van der Waals surface area contributed by atoms with Crippen LogP contribution in [0.2, 0.25) is 18.5 Å². The summed E-state index contributed by atoms with van der Waals surface area (Å²) in [7, 11) is 0. The molecule has 1 rings (SSSR count). The molecule has 0 nitrogen and oxygen atoms in total. The lowest BCUT2D eigenvalue weighted by Gasteiger charge is -2.34. The Hall–Kier alpha value is -0.195. The van der Waals surface area contributed by atoms with Gasteiger partial charge in [-0.25, -0.2) is 0 Å². The van der Waals surface area contributed by atoms with Crippen LogP contribution in [0.4, 0.5) is 0 Å². The molecule has 1 unspecified atom stereocenters. The fourth-order valence-corrected chi connectivity index (χ4v) is 2.37. The maximum atomic E-state index is 4.13. The normalized spacial score (nSPS) is 22.2. The first kappa shape index (κ1) is 9.89. The van der Waals surface area contributed by atoms with Crippen LogP contribution in [0.5, 0.6) is 0 Å². The van der Waals surface area contributed by atoms with E-state index in [4.69, 9.17) is 0 Å². The zero-order valence-corrected chi connectivity index (χ0v) is 8.60. The highest BCUT2D eigenvalue weighted by Gasteiger charge is 2.31. The van der Waals surface area contributed by atoms with Gasteiger partial charge in [0.1, 0.15) is 6.71 Å².